The molecule has 2 aromatic heterocycles. The van der Waals surface area contributed by atoms with Gasteiger partial charge in [-0.05, 0) is 41.0 Å². The molecule has 2 heterocycles. The normalized spacial score (nSPS) is 10.9. The Morgan fingerprint density at radius 2 is 1.78 bits per heavy atom. The van der Waals surface area contributed by atoms with Gasteiger partial charge in [0.05, 0.1) is 30.0 Å². The van der Waals surface area contributed by atoms with E-state index in [1.807, 2.05) is 26.2 Å². The second-order valence-corrected chi connectivity index (χ2v) is 6.72. The first-order chi connectivity index (χ1) is 13.1. The Bertz CT molecular complexity index is 1160. The van der Waals surface area contributed by atoms with Gasteiger partial charge in [0.2, 0.25) is 0 Å². The third-order valence-electron chi connectivity index (χ3n) is 4.60. The number of benzene rings is 2. The maximum absolute atomic E-state index is 12.7. The number of hydrogen-bond acceptors (Lipinski definition) is 4. The first-order valence-electron chi connectivity index (χ1n) is 8.78. The second kappa shape index (κ2) is 7.03. The summed E-state index contributed by atoms with van der Waals surface area (Å²) in [6, 6.07) is 18.4. The topological polar surface area (TPSA) is 51.0 Å². The van der Waals surface area contributed by atoms with E-state index in [-0.39, 0.29) is 5.56 Å². The Hall–Kier alpha value is -3.47. The van der Waals surface area contributed by atoms with Gasteiger partial charge in [0, 0.05) is 26.0 Å². The number of aromatic nitrogens is 3. The van der Waals surface area contributed by atoms with Crippen LogP contribution in [0.1, 0.15) is 5.56 Å². The van der Waals surface area contributed by atoms with Crippen molar-refractivity contribution in [1.29, 1.82) is 0 Å². The van der Waals surface area contributed by atoms with Crippen LogP contribution >= 0.6 is 0 Å². The number of rotatable bonds is 4. The molecule has 27 heavy (non-hydrogen) atoms. The molecule has 0 N–H and O–H groups in total. The first-order valence-corrected chi connectivity index (χ1v) is 8.78. The van der Waals surface area contributed by atoms with Crippen LogP contribution in [0.3, 0.4) is 0 Å². The lowest BCUT2D eigenvalue weighted by Gasteiger charge is -2.14. The van der Waals surface area contributed by atoms with E-state index in [2.05, 4.69) is 51.3 Å². The van der Waals surface area contributed by atoms with Crippen molar-refractivity contribution in [3.8, 4) is 11.1 Å². The average Bonchev–Trinajstić information content (AvgIpc) is 2.71. The summed E-state index contributed by atoms with van der Waals surface area (Å²) in [6.45, 7) is 0.477. The Morgan fingerprint density at radius 3 is 2.59 bits per heavy atom. The minimum Gasteiger partial charge on any atom is -0.378 e. The molecule has 0 fully saturated rings. The van der Waals surface area contributed by atoms with Crippen LogP contribution in [0.2, 0.25) is 0 Å². The summed E-state index contributed by atoms with van der Waals surface area (Å²) in [4.78, 5) is 23.1. The van der Waals surface area contributed by atoms with E-state index in [0.717, 1.165) is 22.4 Å². The molecular weight excluding hydrogens is 336 g/mol. The lowest BCUT2D eigenvalue weighted by Crippen LogP contribution is -2.21. The van der Waals surface area contributed by atoms with Crippen LogP contribution < -0.4 is 10.5 Å². The average molecular weight is 356 g/mol. The lowest BCUT2D eigenvalue weighted by molar-refractivity contribution is 0.748. The summed E-state index contributed by atoms with van der Waals surface area (Å²) in [5.41, 5.74) is 5.05. The van der Waals surface area contributed by atoms with Gasteiger partial charge in [-0.3, -0.25) is 14.3 Å². The van der Waals surface area contributed by atoms with Crippen molar-refractivity contribution in [2.75, 3.05) is 19.0 Å². The summed E-state index contributed by atoms with van der Waals surface area (Å²) in [7, 11) is 4.06. The van der Waals surface area contributed by atoms with E-state index >= 15 is 0 Å². The van der Waals surface area contributed by atoms with E-state index in [4.69, 9.17) is 0 Å². The molecule has 0 spiro atoms. The van der Waals surface area contributed by atoms with Crippen LogP contribution in [0.5, 0.6) is 0 Å². The van der Waals surface area contributed by atoms with Crippen molar-refractivity contribution < 1.29 is 0 Å². The lowest BCUT2D eigenvalue weighted by atomic mass is 10.0. The molecule has 0 saturated carbocycles. The molecule has 0 aliphatic heterocycles. The predicted octanol–water partition coefficient (Wildman–Crippen LogP) is 3.57. The standard InChI is InChI=1S/C22H20N4O/c1-25(2)19-8-4-7-18(12-19)17-6-3-5-16(11-17)14-26-15-24-21-13-23-10-9-20(21)22(26)27/h3-13,15H,14H2,1-2H3. The fourth-order valence-electron chi connectivity index (χ4n) is 3.13. The zero-order valence-electron chi connectivity index (χ0n) is 15.3. The van der Waals surface area contributed by atoms with Crippen LogP contribution in [0.15, 0.2) is 78.1 Å². The first kappa shape index (κ1) is 17.0. The quantitative estimate of drug-likeness (QED) is 0.561. The minimum atomic E-state index is -0.0533. The fraction of sp³-hybridized carbons (Fsp3) is 0.136. The molecule has 0 aliphatic carbocycles. The third kappa shape index (κ3) is 3.44. The van der Waals surface area contributed by atoms with Crippen LogP contribution in [0, 0.1) is 0 Å². The molecule has 0 aliphatic rings. The van der Waals surface area contributed by atoms with Gasteiger partial charge in [0.25, 0.3) is 5.56 Å². The molecule has 5 heteroatoms. The number of nitrogens with zero attached hydrogens (tertiary/aromatic N) is 4. The van der Waals surface area contributed by atoms with Gasteiger partial charge in [-0.15, -0.1) is 0 Å². The molecule has 4 aromatic rings. The fourth-order valence-corrected chi connectivity index (χ4v) is 3.13. The molecule has 0 radical (unpaired) electrons. The molecule has 0 unspecified atom stereocenters. The van der Waals surface area contributed by atoms with Crippen LogP contribution in [0.4, 0.5) is 5.69 Å². The maximum Gasteiger partial charge on any atom is 0.261 e. The van der Waals surface area contributed by atoms with E-state index in [0.29, 0.717) is 17.4 Å². The summed E-state index contributed by atoms with van der Waals surface area (Å²) in [6.07, 6.45) is 4.82. The second-order valence-electron chi connectivity index (χ2n) is 6.72. The molecule has 4 rings (SSSR count). The zero-order valence-corrected chi connectivity index (χ0v) is 15.3. The summed E-state index contributed by atoms with van der Waals surface area (Å²) in [5.74, 6) is 0. The molecule has 0 amide bonds. The van der Waals surface area contributed by atoms with Crippen LogP contribution in [-0.2, 0) is 6.54 Å². The van der Waals surface area contributed by atoms with Gasteiger partial charge in [0.15, 0.2) is 0 Å². The number of hydrogen-bond donors (Lipinski definition) is 0. The van der Waals surface area contributed by atoms with Gasteiger partial charge >= 0.3 is 0 Å². The van der Waals surface area contributed by atoms with Crippen molar-refractivity contribution in [3.63, 3.8) is 0 Å². The largest absolute Gasteiger partial charge is 0.378 e. The molecular formula is C22H20N4O. The highest BCUT2D eigenvalue weighted by molar-refractivity contribution is 5.75. The molecule has 5 nitrogen and oxygen atoms in total. The van der Waals surface area contributed by atoms with Gasteiger partial charge < -0.3 is 4.90 Å². The highest BCUT2D eigenvalue weighted by Gasteiger charge is 2.06. The molecule has 2 aromatic carbocycles. The highest BCUT2D eigenvalue weighted by atomic mass is 16.1. The molecule has 0 atom stereocenters. The van der Waals surface area contributed by atoms with Crippen molar-refractivity contribution in [2.24, 2.45) is 0 Å². The van der Waals surface area contributed by atoms with Crippen molar-refractivity contribution in [1.82, 2.24) is 14.5 Å². The zero-order chi connectivity index (χ0) is 18.8. The van der Waals surface area contributed by atoms with Gasteiger partial charge in [-0.25, -0.2) is 4.98 Å². The van der Waals surface area contributed by atoms with E-state index in [1.54, 1.807) is 29.4 Å². The maximum atomic E-state index is 12.7. The molecule has 0 saturated heterocycles. The molecule has 134 valence electrons. The molecule has 0 bridgehead atoms. The Morgan fingerprint density at radius 1 is 1.00 bits per heavy atom. The van der Waals surface area contributed by atoms with Gasteiger partial charge in [0.1, 0.15) is 0 Å². The number of anilines is 1. The Balaban J connectivity index is 1.69. The predicted molar refractivity (Wildman–Crippen MR) is 109 cm³/mol. The van der Waals surface area contributed by atoms with E-state index in [9.17, 15) is 4.79 Å². The highest BCUT2D eigenvalue weighted by Crippen LogP contribution is 2.24. The van der Waals surface area contributed by atoms with Crippen molar-refractivity contribution >= 4 is 16.6 Å². The summed E-state index contributed by atoms with van der Waals surface area (Å²) in [5, 5.41) is 0.585. The SMILES string of the molecule is CN(C)c1cccc(-c2cccc(Cn3cnc4cnccc4c3=O)c2)c1. The van der Waals surface area contributed by atoms with Crippen LogP contribution in [-0.4, -0.2) is 28.6 Å². The smallest absolute Gasteiger partial charge is 0.261 e. The summed E-state index contributed by atoms with van der Waals surface area (Å²) >= 11 is 0. The van der Waals surface area contributed by atoms with Crippen molar-refractivity contribution in [3.05, 3.63) is 89.2 Å². The minimum absolute atomic E-state index is 0.0533. The van der Waals surface area contributed by atoms with Crippen LogP contribution in [0.25, 0.3) is 22.0 Å². The monoisotopic (exact) mass is 356 g/mol. The Labute approximate surface area is 157 Å². The summed E-state index contributed by atoms with van der Waals surface area (Å²) < 4.78 is 1.64. The number of pyridine rings is 1. The Kier molecular flexibility index (Phi) is 4.42. The van der Waals surface area contributed by atoms with Gasteiger partial charge in [-0.1, -0.05) is 30.3 Å². The van der Waals surface area contributed by atoms with E-state index in [1.165, 1.54) is 0 Å². The number of fused-ring (bicyclic) bond motifs is 1. The van der Waals surface area contributed by atoms with Crippen molar-refractivity contribution in [2.45, 2.75) is 6.54 Å². The third-order valence-corrected chi connectivity index (χ3v) is 4.60. The van der Waals surface area contributed by atoms with Gasteiger partial charge in [-0.2, -0.15) is 0 Å². The van der Waals surface area contributed by atoms with E-state index < -0.39 is 0 Å².